The fourth-order valence-corrected chi connectivity index (χ4v) is 2.34. The maximum Gasteiger partial charge on any atom is 0.125 e. The van der Waals surface area contributed by atoms with Crippen molar-refractivity contribution in [3.63, 3.8) is 0 Å². The number of methoxy groups -OCH3 is 1. The van der Waals surface area contributed by atoms with Gasteiger partial charge in [0.2, 0.25) is 0 Å². The second kappa shape index (κ2) is 4.62. The van der Waals surface area contributed by atoms with Crippen molar-refractivity contribution in [3.8, 4) is 5.75 Å². The molecule has 3 heteroatoms. The molecule has 1 aliphatic rings. The van der Waals surface area contributed by atoms with Gasteiger partial charge < -0.3 is 10.1 Å². The second-order valence-electron chi connectivity index (χ2n) is 4.04. The van der Waals surface area contributed by atoms with E-state index >= 15 is 0 Å². The highest BCUT2D eigenvalue weighted by atomic mass is 16.5. The van der Waals surface area contributed by atoms with E-state index in [-0.39, 0.29) is 0 Å². The van der Waals surface area contributed by atoms with Crippen molar-refractivity contribution >= 4 is 0 Å². The van der Waals surface area contributed by atoms with Crippen molar-refractivity contribution < 1.29 is 4.74 Å². The molecule has 0 amide bonds. The molecule has 1 aromatic rings. The average Bonchev–Trinajstić information content (AvgIpc) is 2.29. The molecule has 0 atom stereocenters. The normalized spacial score (nSPS) is 17.7. The van der Waals surface area contributed by atoms with Gasteiger partial charge in [-0.1, -0.05) is 0 Å². The van der Waals surface area contributed by atoms with E-state index in [9.17, 15) is 0 Å². The van der Waals surface area contributed by atoms with Gasteiger partial charge in [-0.3, -0.25) is 4.98 Å². The summed E-state index contributed by atoms with van der Waals surface area (Å²) in [5.74, 6) is 1.60. The molecule has 15 heavy (non-hydrogen) atoms. The third-order valence-electron chi connectivity index (χ3n) is 3.12. The lowest BCUT2D eigenvalue weighted by atomic mass is 9.89. The predicted molar refractivity (Wildman–Crippen MR) is 60.4 cm³/mol. The van der Waals surface area contributed by atoms with Crippen LogP contribution in [0.15, 0.2) is 12.3 Å². The molecule has 0 spiro atoms. The molecule has 3 nitrogen and oxygen atoms in total. The van der Waals surface area contributed by atoms with Crippen molar-refractivity contribution in [2.45, 2.75) is 25.7 Å². The van der Waals surface area contributed by atoms with Crippen LogP contribution >= 0.6 is 0 Å². The Morgan fingerprint density at radius 1 is 1.40 bits per heavy atom. The van der Waals surface area contributed by atoms with Crippen LogP contribution in [0.25, 0.3) is 0 Å². The Balaban J connectivity index is 2.31. The Bertz CT molecular complexity index is 332. The van der Waals surface area contributed by atoms with Crippen molar-refractivity contribution in [3.05, 3.63) is 23.5 Å². The molecule has 2 heterocycles. The molecule has 0 aliphatic carbocycles. The maximum absolute atomic E-state index is 5.42. The number of ether oxygens (including phenoxy) is 1. The zero-order chi connectivity index (χ0) is 10.7. The van der Waals surface area contributed by atoms with Crippen LogP contribution < -0.4 is 10.1 Å². The lowest BCUT2D eigenvalue weighted by Gasteiger charge is -2.25. The van der Waals surface area contributed by atoms with Crippen LogP contribution in [-0.4, -0.2) is 25.2 Å². The molecule has 0 unspecified atom stereocenters. The van der Waals surface area contributed by atoms with Gasteiger partial charge in [0.05, 0.1) is 7.11 Å². The van der Waals surface area contributed by atoms with Crippen molar-refractivity contribution in [1.29, 1.82) is 0 Å². The first-order valence-electron chi connectivity index (χ1n) is 5.53. The van der Waals surface area contributed by atoms with Crippen LogP contribution in [0, 0.1) is 6.92 Å². The number of nitrogens with one attached hydrogen (secondary N) is 1. The highest BCUT2D eigenvalue weighted by Crippen LogP contribution is 2.33. The molecule has 2 rings (SSSR count). The Morgan fingerprint density at radius 3 is 2.80 bits per heavy atom. The second-order valence-corrected chi connectivity index (χ2v) is 4.04. The molecule has 82 valence electrons. The van der Waals surface area contributed by atoms with E-state index in [2.05, 4.69) is 17.2 Å². The summed E-state index contributed by atoms with van der Waals surface area (Å²) in [6.45, 7) is 4.27. The zero-order valence-corrected chi connectivity index (χ0v) is 9.42. The standard InChI is InChI=1S/C12H18N2O/c1-9-12(10-3-6-13-7-4-10)11(15-2)5-8-14-9/h5,8,10,13H,3-4,6-7H2,1-2H3. The fourth-order valence-electron chi connectivity index (χ4n) is 2.34. The Morgan fingerprint density at radius 2 is 2.13 bits per heavy atom. The van der Waals surface area contributed by atoms with E-state index in [0.717, 1.165) is 24.5 Å². The predicted octanol–water partition coefficient (Wildman–Crippen LogP) is 1.87. The minimum Gasteiger partial charge on any atom is -0.496 e. The number of piperidine rings is 1. The first-order chi connectivity index (χ1) is 7.33. The van der Waals surface area contributed by atoms with Gasteiger partial charge in [-0.2, -0.15) is 0 Å². The van der Waals surface area contributed by atoms with Gasteiger partial charge in [-0.25, -0.2) is 0 Å². The van der Waals surface area contributed by atoms with Crippen LogP contribution in [0.1, 0.15) is 30.0 Å². The first-order valence-corrected chi connectivity index (χ1v) is 5.53. The van der Waals surface area contributed by atoms with E-state index in [4.69, 9.17) is 4.74 Å². The smallest absolute Gasteiger partial charge is 0.125 e. The highest BCUT2D eigenvalue weighted by Gasteiger charge is 2.21. The van der Waals surface area contributed by atoms with E-state index in [1.807, 2.05) is 12.3 Å². The minimum absolute atomic E-state index is 0.606. The van der Waals surface area contributed by atoms with Crippen molar-refractivity contribution in [2.24, 2.45) is 0 Å². The summed E-state index contributed by atoms with van der Waals surface area (Å²) in [5.41, 5.74) is 2.42. The number of aromatic nitrogens is 1. The molecule has 1 fully saturated rings. The van der Waals surface area contributed by atoms with Gasteiger partial charge in [-0.05, 0) is 44.8 Å². The van der Waals surface area contributed by atoms with Crippen LogP contribution in [0.3, 0.4) is 0 Å². The Hall–Kier alpha value is -1.09. The SMILES string of the molecule is COc1ccnc(C)c1C1CCNCC1. The van der Waals surface area contributed by atoms with Gasteiger partial charge in [0.25, 0.3) is 0 Å². The summed E-state index contributed by atoms with van der Waals surface area (Å²) in [4.78, 5) is 4.36. The number of aryl methyl sites for hydroxylation is 1. The molecular formula is C12H18N2O. The van der Waals surface area contributed by atoms with Crippen molar-refractivity contribution in [1.82, 2.24) is 10.3 Å². The number of rotatable bonds is 2. The van der Waals surface area contributed by atoms with Crippen LogP contribution in [0.5, 0.6) is 5.75 Å². The molecular weight excluding hydrogens is 188 g/mol. The quantitative estimate of drug-likeness (QED) is 0.802. The number of nitrogens with zero attached hydrogens (tertiary/aromatic N) is 1. The lowest BCUT2D eigenvalue weighted by Crippen LogP contribution is -2.27. The van der Waals surface area contributed by atoms with E-state index in [0.29, 0.717) is 5.92 Å². The van der Waals surface area contributed by atoms with Gasteiger partial charge in [-0.15, -0.1) is 0 Å². The molecule has 1 N–H and O–H groups in total. The van der Waals surface area contributed by atoms with Gasteiger partial charge >= 0.3 is 0 Å². The largest absolute Gasteiger partial charge is 0.496 e. The summed E-state index contributed by atoms with van der Waals surface area (Å²) in [7, 11) is 1.74. The van der Waals surface area contributed by atoms with E-state index in [1.165, 1.54) is 18.4 Å². The third-order valence-corrected chi connectivity index (χ3v) is 3.12. The third kappa shape index (κ3) is 2.12. The van der Waals surface area contributed by atoms with Gasteiger partial charge in [0, 0.05) is 17.5 Å². The van der Waals surface area contributed by atoms with Crippen LogP contribution in [0.2, 0.25) is 0 Å². The fraction of sp³-hybridized carbons (Fsp3) is 0.583. The summed E-state index contributed by atoms with van der Waals surface area (Å²) in [6.07, 6.45) is 4.19. The molecule has 1 aliphatic heterocycles. The maximum atomic E-state index is 5.42. The van der Waals surface area contributed by atoms with E-state index < -0.39 is 0 Å². The summed E-state index contributed by atoms with van der Waals surface area (Å²) in [6, 6.07) is 1.96. The molecule has 0 bridgehead atoms. The van der Waals surface area contributed by atoms with Gasteiger partial charge in [0.1, 0.15) is 5.75 Å². The number of hydrogen-bond donors (Lipinski definition) is 1. The lowest BCUT2D eigenvalue weighted by molar-refractivity contribution is 0.389. The topological polar surface area (TPSA) is 34.1 Å². The molecule has 1 aromatic heterocycles. The monoisotopic (exact) mass is 206 g/mol. The van der Waals surface area contributed by atoms with E-state index in [1.54, 1.807) is 7.11 Å². The number of hydrogen-bond acceptors (Lipinski definition) is 3. The molecule has 0 radical (unpaired) electrons. The van der Waals surface area contributed by atoms with Crippen LogP contribution in [0.4, 0.5) is 0 Å². The highest BCUT2D eigenvalue weighted by molar-refractivity contribution is 5.38. The Labute approximate surface area is 90.9 Å². The summed E-state index contributed by atoms with van der Waals surface area (Å²) >= 11 is 0. The molecule has 0 saturated carbocycles. The first kappa shape index (κ1) is 10.4. The van der Waals surface area contributed by atoms with Crippen molar-refractivity contribution in [2.75, 3.05) is 20.2 Å². The van der Waals surface area contributed by atoms with Crippen LogP contribution in [-0.2, 0) is 0 Å². The summed E-state index contributed by atoms with van der Waals surface area (Å²) in [5, 5.41) is 3.38. The average molecular weight is 206 g/mol. The minimum atomic E-state index is 0.606. The number of pyridine rings is 1. The molecule has 0 aromatic carbocycles. The zero-order valence-electron chi connectivity index (χ0n) is 9.42. The van der Waals surface area contributed by atoms with Gasteiger partial charge in [0.15, 0.2) is 0 Å². The molecule has 1 saturated heterocycles. The Kier molecular flexibility index (Phi) is 3.21. The summed E-state index contributed by atoms with van der Waals surface area (Å²) < 4.78 is 5.42.